The van der Waals surface area contributed by atoms with Crippen LogP contribution in [0.2, 0.25) is 5.02 Å². The Balaban J connectivity index is 1.74. The molecule has 2 aromatic heterocycles. The minimum atomic E-state index is -0.279. The molecule has 0 atom stereocenters. The maximum Gasteiger partial charge on any atom is 0.229 e. The smallest absolute Gasteiger partial charge is 0.229 e. The number of anilines is 3. The van der Waals surface area contributed by atoms with Gasteiger partial charge in [-0.2, -0.15) is 10.1 Å². The molecule has 23 heavy (non-hydrogen) atoms. The Labute approximate surface area is 137 Å². The van der Waals surface area contributed by atoms with Crippen LogP contribution in [0.3, 0.4) is 0 Å². The lowest BCUT2D eigenvalue weighted by atomic mass is 10.2. The van der Waals surface area contributed by atoms with Crippen LogP contribution in [0.5, 0.6) is 0 Å². The largest absolute Gasteiger partial charge is 0.364 e. The summed E-state index contributed by atoms with van der Waals surface area (Å²) in [5, 5.41) is 10.5. The zero-order chi connectivity index (χ0) is 16.2. The molecule has 3 rings (SSSR count). The summed E-state index contributed by atoms with van der Waals surface area (Å²) in [6, 6.07) is 6.53. The number of aromatic nitrogens is 4. The van der Waals surface area contributed by atoms with Crippen molar-refractivity contribution in [3.63, 3.8) is 0 Å². The van der Waals surface area contributed by atoms with Gasteiger partial charge in [0.05, 0.1) is 18.1 Å². The monoisotopic (exact) mass is 332 g/mol. The topological polar surface area (TPSA) is 67.7 Å². The Bertz CT molecular complexity index is 819. The van der Waals surface area contributed by atoms with Crippen LogP contribution in [-0.4, -0.2) is 19.7 Å². The van der Waals surface area contributed by atoms with E-state index in [0.717, 1.165) is 5.69 Å². The standard InChI is InChI=1S/C15H14ClFN6/c1-23-9-11(7-20-23)21-15-19-8-12(16)14(22-15)18-6-10-4-2-3-5-13(10)17/h2-5,7-9H,6H2,1H3,(H2,18,19,21,22). The number of rotatable bonds is 5. The fraction of sp³-hybridized carbons (Fsp3) is 0.133. The van der Waals surface area contributed by atoms with Crippen molar-refractivity contribution < 1.29 is 4.39 Å². The van der Waals surface area contributed by atoms with Gasteiger partial charge < -0.3 is 10.6 Å². The summed E-state index contributed by atoms with van der Waals surface area (Å²) in [4.78, 5) is 8.41. The van der Waals surface area contributed by atoms with Crippen molar-refractivity contribution in [1.29, 1.82) is 0 Å². The molecular weight excluding hydrogens is 319 g/mol. The van der Waals surface area contributed by atoms with Crippen LogP contribution in [-0.2, 0) is 13.6 Å². The summed E-state index contributed by atoms with van der Waals surface area (Å²) in [5.74, 6) is 0.522. The van der Waals surface area contributed by atoms with Gasteiger partial charge in [0.1, 0.15) is 10.8 Å². The van der Waals surface area contributed by atoms with E-state index in [1.165, 1.54) is 12.3 Å². The molecular formula is C15H14ClFN6. The molecule has 0 aliphatic carbocycles. The molecule has 118 valence electrons. The summed E-state index contributed by atoms with van der Waals surface area (Å²) in [5.41, 5.74) is 1.29. The number of halogens is 2. The first-order valence-electron chi connectivity index (χ1n) is 6.87. The molecule has 0 fully saturated rings. The highest BCUT2D eigenvalue weighted by atomic mass is 35.5. The third-order valence-electron chi connectivity index (χ3n) is 3.11. The van der Waals surface area contributed by atoms with Crippen molar-refractivity contribution in [1.82, 2.24) is 19.7 Å². The van der Waals surface area contributed by atoms with Crippen molar-refractivity contribution >= 4 is 29.1 Å². The average Bonchev–Trinajstić information content (AvgIpc) is 2.94. The van der Waals surface area contributed by atoms with E-state index in [2.05, 4.69) is 25.7 Å². The van der Waals surface area contributed by atoms with Crippen molar-refractivity contribution in [2.24, 2.45) is 7.05 Å². The van der Waals surface area contributed by atoms with E-state index < -0.39 is 0 Å². The van der Waals surface area contributed by atoms with E-state index in [0.29, 0.717) is 22.4 Å². The highest BCUT2D eigenvalue weighted by Crippen LogP contribution is 2.22. The van der Waals surface area contributed by atoms with Crippen LogP contribution in [0.15, 0.2) is 42.9 Å². The second-order valence-corrected chi connectivity index (χ2v) is 5.27. The average molecular weight is 333 g/mol. The van der Waals surface area contributed by atoms with Crippen LogP contribution in [0.1, 0.15) is 5.56 Å². The second kappa shape index (κ2) is 6.62. The molecule has 0 aliphatic heterocycles. The molecule has 0 saturated heterocycles. The van der Waals surface area contributed by atoms with Crippen LogP contribution in [0, 0.1) is 5.82 Å². The highest BCUT2D eigenvalue weighted by molar-refractivity contribution is 6.32. The molecule has 0 spiro atoms. The summed E-state index contributed by atoms with van der Waals surface area (Å²) in [7, 11) is 1.81. The van der Waals surface area contributed by atoms with E-state index in [1.807, 2.05) is 7.05 Å². The van der Waals surface area contributed by atoms with E-state index in [1.54, 1.807) is 35.3 Å². The van der Waals surface area contributed by atoms with Gasteiger partial charge in [0, 0.05) is 25.4 Å². The Kier molecular flexibility index (Phi) is 4.38. The number of benzene rings is 1. The molecule has 2 heterocycles. The van der Waals surface area contributed by atoms with E-state index >= 15 is 0 Å². The maximum absolute atomic E-state index is 13.6. The Morgan fingerprint density at radius 1 is 1.26 bits per heavy atom. The van der Waals surface area contributed by atoms with Crippen LogP contribution < -0.4 is 10.6 Å². The molecule has 6 nitrogen and oxygen atoms in total. The van der Waals surface area contributed by atoms with Crippen molar-refractivity contribution in [2.45, 2.75) is 6.54 Å². The van der Waals surface area contributed by atoms with E-state index in [-0.39, 0.29) is 12.4 Å². The summed E-state index contributed by atoms with van der Waals surface area (Å²) in [6.07, 6.45) is 4.94. The summed E-state index contributed by atoms with van der Waals surface area (Å²) < 4.78 is 15.3. The zero-order valence-corrected chi connectivity index (χ0v) is 13.0. The quantitative estimate of drug-likeness (QED) is 0.750. The lowest BCUT2D eigenvalue weighted by molar-refractivity contribution is 0.613. The van der Waals surface area contributed by atoms with Gasteiger partial charge in [-0.05, 0) is 6.07 Å². The molecule has 1 aromatic carbocycles. The maximum atomic E-state index is 13.6. The zero-order valence-electron chi connectivity index (χ0n) is 12.3. The van der Waals surface area contributed by atoms with E-state index in [4.69, 9.17) is 11.6 Å². The third kappa shape index (κ3) is 3.75. The lowest BCUT2D eigenvalue weighted by Gasteiger charge is -2.10. The molecule has 0 saturated carbocycles. The summed E-state index contributed by atoms with van der Waals surface area (Å²) in [6.45, 7) is 0.274. The molecule has 2 N–H and O–H groups in total. The number of nitrogens with one attached hydrogen (secondary N) is 2. The van der Waals surface area contributed by atoms with Crippen LogP contribution in [0.4, 0.5) is 21.8 Å². The Morgan fingerprint density at radius 2 is 2.09 bits per heavy atom. The number of nitrogens with zero attached hydrogens (tertiary/aromatic N) is 4. The highest BCUT2D eigenvalue weighted by Gasteiger charge is 2.08. The van der Waals surface area contributed by atoms with Gasteiger partial charge in [0.25, 0.3) is 0 Å². The Hall–Kier alpha value is -2.67. The third-order valence-corrected chi connectivity index (χ3v) is 3.39. The van der Waals surface area contributed by atoms with Gasteiger partial charge in [-0.25, -0.2) is 9.37 Å². The van der Waals surface area contributed by atoms with Crippen LogP contribution in [0.25, 0.3) is 0 Å². The van der Waals surface area contributed by atoms with Crippen LogP contribution >= 0.6 is 11.6 Å². The first-order chi connectivity index (χ1) is 11.1. The molecule has 8 heteroatoms. The minimum Gasteiger partial charge on any atom is -0.364 e. The van der Waals surface area contributed by atoms with E-state index in [9.17, 15) is 4.39 Å². The number of hydrogen-bond acceptors (Lipinski definition) is 5. The van der Waals surface area contributed by atoms with Gasteiger partial charge in [0.2, 0.25) is 5.95 Å². The van der Waals surface area contributed by atoms with Gasteiger partial charge in [0.15, 0.2) is 5.82 Å². The van der Waals surface area contributed by atoms with Gasteiger partial charge >= 0.3 is 0 Å². The molecule has 0 amide bonds. The normalized spacial score (nSPS) is 10.6. The van der Waals surface area contributed by atoms with Crippen molar-refractivity contribution in [3.8, 4) is 0 Å². The first kappa shape index (κ1) is 15.2. The Morgan fingerprint density at radius 3 is 2.83 bits per heavy atom. The molecule has 0 unspecified atom stereocenters. The van der Waals surface area contributed by atoms with Gasteiger partial charge in [-0.3, -0.25) is 4.68 Å². The van der Waals surface area contributed by atoms with Crippen molar-refractivity contribution in [2.75, 3.05) is 10.6 Å². The molecule has 0 bridgehead atoms. The SMILES string of the molecule is Cn1cc(Nc2ncc(Cl)c(NCc3ccccc3F)n2)cn1. The fourth-order valence-electron chi connectivity index (χ4n) is 1.99. The predicted molar refractivity (Wildman–Crippen MR) is 87.3 cm³/mol. The fourth-order valence-corrected chi connectivity index (χ4v) is 2.14. The molecule has 0 radical (unpaired) electrons. The second-order valence-electron chi connectivity index (χ2n) is 4.86. The van der Waals surface area contributed by atoms with Gasteiger partial charge in [-0.1, -0.05) is 29.8 Å². The first-order valence-corrected chi connectivity index (χ1v) is 7.25. The minimum absolute atomic E-state index is 0.274. The number of hydrogen-bond donors (Lipinski definition) is 2. The lowest BCUT2D eigenvalue weighted by Crippen LogP contribution is -2.06. The number of aryl methyl sites for hydroxylation is 1. The van der Waals surface area contributed by atoms with Crippen molar-refractivity contribution in [3.05, 3.63) is 59.3 Å². The summed E-state index contributed by atoms with van der Waals surface area (Å²) >= 11 is 6.08. The molecule has 0 aliphatic rings. The van der Waals surface area contributed by atoms with Gasteiger partial charge in [-0.15, -0.1) is 0 Å². The molecule has 3 aromatic rings. The predicted octanol–water partition coefficient (Wildman–Crippen LogP) is 3.36.